The summed E-state index contributed by atoms with van der Waals surface area (Å²) in [5.74, 6) is 0.167. The number of amides is 1. The lowest BCUT2D eigenvalue weighted by molar-refractivity contribution is -0.131. The SMILES string of the molecule is CN(Cc1cccnc1)C(=O)CN1CCNCC1. The molecule has 1 aliphatic heterocycles. The number of carbonyl (C=O) groups excluding carboxylic acids is 1. The highest BCUT2D eigenvalue weighted by Crippen LogP contribution is 2.02. The van der Waals surface area contributed by atoms with Gasteiger partial charge in [-0.3, -0.25) is 14.7 Å². The van der Waals surface area contributed by atoms with Crippen LogP contribution in [0.3, 0.4) is 0 Å². The number of piperazine rings is 1. The fraction of sp³-hybridized carbons (Fsp3) is 0.538. The number of carbonyl (C=O) groups is 1. The Labute approximate surface area is 108 Å². The van der Waals surface area contributed by atoms with Crippen molar-refractivity contribution in [2.75, 3.05) is 39.8 Å². The van der Waals surface area contributed by atoms with E-state index >= 15 is 0 Å². The molecule has 18 heavy (non-hydrogen) atoms. The first kappa shape index (κ1) is 13.0. The maximum Gasteiger partial charge on any atom is 0.236 e. The van der Waals surface area contributed by atoms with Crippen LogP contribution in [0.2, 0.25) is 0 Å². The number of nitrogens with one attached hydrogen (secondary N) is 1. The van der Waals surface area contributed by atoms with Crippen LogP contribution in [0.4, 0.5) is 0 Å². The molecule has 1 saturated heterocycles. The molecule has 1 N–H and O–H groups in total. The maximum absolute atomic E-state index is 12.1. The van der Waals surface area contributed by atoms with Crippen molar-refractivity contribution in [1.29, 1.82) is 0 Å². The van der Waals surface area contributed by atoms with Gasteiger partial charge in [0.05, 0.1) is 6.54 Å². The molecular weight excluding hydrogens is 228 g/mol. The lowest BCUT2D eigenvalue weighted by atomic mass is 10.2. The molecule has 1 aromatic rings. The van der Waals surface area contributed by atoms with Crippen LogP contribution in [0.15, 0.2) is 24.5 Å². The molecule has 1 aliphatic rings. The highest BCUT2D eigenvalue weighted by molar-refractivity contribution is 5.78. The van der Waals surface area contributed by atoms with Gasteiger partial charge in [-0.05, 0) is 11.6 Å². The van der Waals surface area contributed by atoms with E-state index in [1.54, 1.807) is 17.3 Å². The Kier molecular flexibility index (Phi) is 4.66. The molecule has 0 bridgehead atoms. The third-order valence-electron chi connectivity index (χ3n) is 3.14. The predicted molar refractivity (Wildman–Crippen MR) is 70.0 cm³/mol. The molecule has 0 aromatic carbocycles. The summed E-state index contributed by atoms with van der Waals surface area (Å²) in [6, 6.07) is 3.88. The number of likely N-dealkylation sites (N-methyl/N-ethyl adjacent to an activating group) is 1. The highest BCUT2D eigenvalue weighted by Gasteiger charge is 2.16. The fourth-order valence-electron chi connectivity index (χ4n) is 2.03. The van der Waals surface area contributed by atoms with Crippen LogP contribution < -0.4 is 5.32 Å². The minimum atomic E-state index is 0.167. The Bertz CT molecular complexity index is 376. The summed E-state index contributed by atoms with van der Waals surface area (Å²) in [7, 11) is 1.84. The van der Waals surface area contributed by atoms with Gasteiger partial charge in [-0.15, -0.1) is 0 Å². The molecular formula is C13H20N4O. The Morgan fingerprint density at radius 2 is 2.28 bits per heavy atom. The van der Waals surface area contributed by atoms with Crippen molar-refractivity contribution in [3.8, 4) is 0 Å². The van der Waals surface area contributed by atoms with Gasteiger partial charge in [0.1, 0.15) is 0 Å². The van der Waals surface area contributed by atoms with E-state index in [-0.39, 0.29) is 5.91 Å². The normalized spacial score (nSPS) is 16.5. The second kappa shape index (κ2) is 6.47. The van der Waals surface area contributed by atoms with E-state index in [0.717, 1.165) is 31.7 Å². The fourth-order valence-corrected chi connectivity index (χ4v) is 2.03. The molecule has 0 atom stereocenters. The summed E-state index contributed by atoms with van der Waals surface area (Å²) in [6.07, 6.45) is 3.54. The van der Waals surface area contributed by atoms with E-state index in [2.05, 4.69) is 15.2 Å². The van der Waals surface area contributed by atoms with Gasteiger partial charge in [0.15, 0.2) is 0 Å². The van der Waals surface area contributed by atoms with Crippen molar-refractivity contribution in [1.82, 2.24) is 20.1 Å². The van der Waals surface area contributed by atoms with E-state index in [1.165, 1.54) is 0 Å². The molecule has 1 amide bonds. The summed E-state index contributed by atoms with van der Waals surface area (Å²) in [5, 5.41) is 3.28. The molecule has 0 aliphatic carbocycles. The number of aromatic nitrogens is 1. The van der Waals surface area contributed by atoms with Gasteiger partial charge >= 0.3 is 0 Å². The van der Waals surface area contributed by atoms with Gasteiger partial charge in [-0.25, -0.2) is 0 Å². The number of nitrogens with zero attached hydrogens (tertiary/aromatic N) is 3. The van der Waals surface area contributed by atoms with Crippen LogP contribution in [0.5, 0.6) is 0 Å². The second-order valence-corrected chi connectivity index (χ2v) is 4.64. The van der Waals surface area contributed by atoms with E-state index in [1.807, 2.05) is 19.2 Å². The summed E-state index contributed by atoms with van der Waals surface area (Å²) >= 11 is 0. The van der Waals surface area contributed by atoms with E-state index < -0.39 is 0 Å². The minimum Gasteiger partial charge on any atom is -0.340 e. The summed E-state index contributed by atoms with van der Waals surface area (Å²) in [6.45, 7) is 4.98. The summed E-state index contributed by atoms with van der Waals surface area (Å²) in [5.41, 5.74) is 1.06. The first-order valence-corrected chi connectivity index (χ1v) is 6.31. The van der Waals surface area contributed by atoms with Crippen molar-refractivity contribution in [3.05, 3.63) is 30.1 Å². The van der Waals surface area contributed by atoms with Crippen molar-refractivity contribution in [3.63, 3.8) is 0 Å². The largest absolute Gasteiger partial charge is 0.340 e. The van der Waals surface area contributed by atoms with Gasteiger partial charge < -0.3 is 10.2 Å². The minimum absolute atomic E-state index is 0.167. The van der Waals surface area contributed by atoms with Gasteiger partial charge in [0, 0.05) is 52.2 Å². The standard InChI is InChI=1S/C13H20N4O/c1-16(10-12-3-2-4-15-9-12)13(18)11-17-7-5-14-6-8-17/h2-4,9,14H,5-8,10-11H2,1H3. The molecule has 1 aromatic heterocycles. The Morgan fingerprint density at radius 1 is 1.50 bits per heavy atom. The molecule has 0 unspecified atom stereocenters. The maximum atomic E-state index is 12.1. The molecule has 5 nitrogen and oxygen atoms in total. The van der Waals surface area contributed by atoms with Crippen LogP contribution in [0.1, 0.15) is 5.56 Å². The molecule has 5 heteroatoms. The quantitative estimate of drug-likeness (QED) is 0.811. The van der Waals surface area contributed by atoms with Crippen LogP contribution in [0.25, 0.3) is 0 Å². The second-order valence-electron chi connectivity index (χ2n) is 4.64. The number of hydrogen-bond acceptors (Lipinski definition) is 4. The van der Waals surface area contributed by atoms with Crippen molar-refractivity contribution in [2.24, 2.45) is 0 Å². The lowest BCUT2D eigenvalue weighted by Crippen LogP contribution is -2.47. The zero-order chi connectivity index (χ0) is 12.8. The van der Waals surface area contributed by atoms with Crippen molar-refractivity contribution >= 4 is 5.91 Å². The van der Waals surface area contributed by atoms with Gasteiger partial charge in [0.25, 0.3) is 0 Å². The summed E-state index contributed by atoms with van der Waals surface area (Å²) < 4.78 is 0. The number of pyridine rings is 1. The smallest absolute Gasteiger partial charge is 0.236 e. The highest BCUT2D eigenvalue weighted by atomic mass is 16.2. The van der Waals surface area contributed by atoms with Crippen LogP contribution in [0, 0.1) is 0 Å². The number of rotatable bonds is 4. The average Bonchev–Trinajstić information content (AvgIpc) is 2.41. The molecule has 2 heterocycles. The van der Waals surface area contributed by atoms with Gasteiger partial charge in [-0.2, -0.15) is 0 Å². The predicted octanol–water partition coefficient (Wildman–Crippen LogP) is -0.0548. The molecule has 0 spiro atoms. The van der Waals surface area contributed by atoms with Crippen LogP contribution in [-0.4, -0.2) is 60.5 Å². The Balaban J connectivity index is 1.81. The molecule has 1 fully saturated rings. The van der Waals surface area contributed by atoms with Crippen molar-refractivity contribution < 1.29 is 4.79 Å². The topological polar surface area (TPSA) is 48.5 Å². The molecule has 0 saturated carbocycles. The van der Waals surface area contributed by atoms with E-state index in [0.29, 0.717) is 13.1 Å². The lowest BCUT2D eigenvalue weighted by Gasteiger charge is -2.28. The number of hydrogen-bond donors (Lipinski definition) is 1. The Hall–Kier alpha value is -1.46. The molecule has 0 radical (unpaired) electrons. The van der Waals surface area contributed by atoms with E-state index in [4.69, 9.17) is 0 Å². The van der Waals surface area contributed by atoms with Crippen LogP contribution >= 0.6 is 0 Å². The average molecular weight is 248 g/mol. The van der Waals surface area contributed by atoms with E-state index in [9.17, 15) is 4.79 Å². The molecule has 98 valence electrons. The first-order chi connectivity index (χ1) is 8.75. The third kappa shape index (κ3) is 3.78. The third-order valence-corrected chi connectivity index (χ3v) is 3.14. The first-order valence-electron chi connectivity index (χ1n) is 6.31. The van der Waals surface area contributed by atoms with Crippen LogP contribution in [-0.2, 0) is 11.3 Å². The monoisotopic (exact) mass is 248 g/mol. The Morgan fingerprint density at radius 3 is 2.94 bits per heavy atom. The summed E-state index contributed by atoms with van der Waals surface area (Å²) in [4.78, 5) is 20.1. The zero-order valence-corrected chi connectivity index (χ0v) is 10.8. The van der Waals surface area contributed by atoms with Gasteiger partial charge in [0.2, 0.25) is 5.91 Å². The zero-order valence-electron chi connectivity index (χ0n) is 10.8. The molecule has 2 rings (SSSR count). The van der Waals surface area contributed by atoms with Gasteiger partial charge in [-0.1, -0.05) is 6.07 Å². The van der Waals surface area contributed by atoms with Crippen molar-refractivity contribution in [2.45, 2.75) is 6.54 Å².